The molecule has 10 nitrogen and oxygen atoms in total. The molecule has 12 heteroatoms. The Balaban J connectivity index is 1.34. The van der Waals surface area contributed by atoms with Crippen molar-refractivity contribution in [3.05, 3.63) is 105 Å². The number of carbonyl (C=O) groups excluding carboxylic acids is 4. The van der Waals surface area contributed by atoms with Crippen molar-refractivity contribution < 1.29 is 23.9 Å². The molecule has 0 radical (unpaired) electrons. The van der Waals surface area contributed by atoms with E-state index in [9.17, 15) is 24.0 Å². The van der Waals surface area contributed by atoms with Crippen LogP contribution in [0.15, 0.2) is 88.7 Å². The molecule has 1 fully saturated rings. The van der Waals surface area contributed by atoms with E-state index in [4.69, 9.17) is 4.74 Å². The highest BCUT2D eigenvalue weighted by molar-refractivity contribution is 8.00. The van der Waals surface area contributed by atoms with Crippen LogP contribution in [0.25, 0.3) is 0 Å². The van der Waals surface area contributed by atoms with Crippen molar-refractivity contribution in [3.63, 3.8) is 0 Å². The summed E-state index contributed by atoms with van der Waals surface area (Å²) in [6.07, 6.45) is 0. The fourth-order valence-corrected chi connectivity index (χ4v) is 8.95. The average Bonchev–Trinajstić information content (AvgIpc) is 3.52. The van der Waals surface area contributed by atoms with Gasteiger partial charge in [-0.1, -0.05) is 53.4 Å². The van der Waals surface area contributed by atoms with Crippen LogP contribution < -0.4 is 20.0 Å². The Hall–Kier alpha value is -4.68. The minimum atomic E-state index is -0.776. The van der Waals surface area contributed by atoms with Crippen LogP contribution in [0.1, 0.15) is 47.5 Å². The SMILES string of the molecule is CCOC(=O)c1ccc(NC(=O)Cn2c3c(sc2=O)C(c2ccc(N(CC)CC)cc2)C2C(=O)N(c4ccccc4)C(=O)C2S3)cc1. The summed E-state index contributed by atoms with van der Waals surface area (Å²) in [5.41, 5.74) is 3.18. The van der Waals surface area contributed by atoms with Crippen LogP contribution in [0.2, 0.25) is 0 Å². The average molecular weight is 671 g/mol. The molecule has 6 rings (SSSR count). The molecule has 1 saturated heterocycles. The number of aromatic nitrogens is 1. The Labute approximate surface area is 280 Å². The van der Waals surface area contributed by atoms with E-state index < -0.39 is 29.0 Å². The second-order valence-electron chi connectivity index (χ2n) is 11.1. The van der Waals surface area contributed by atoms with Gasteiger partial charge in [0.05, 0.1) is 28.8 Å². The van der Waals surface area contributed by atoms with Gasteiger partial charge in [-0.05, 0) is 74.9 Å². The van der Waals surface area contributed by atoms with Crippen molar-refractivity contribution in [3.8, 4) is 0 Å². The largest absolute Gasteiger partial charge is 0.462 e. The third-order valence-electron chi connectivity index (χ3n) is 8.43. The number of carbonyl (C=O) groups is 4. The van der Waals surface area contributed by atoms with E-state index in [-0.39, 0.29) is 29.8 Å². The van der Waals surface area contributed by atoms with E-state index in [1.807, 2.05) is 30.3 Å². The summed E-state index contributed by atoms with van der Waals surface area (Å²) in [5, 5.41) is 2.52. The number of nitrogens with zero attached hydrogens (tertiary/aromatic N) is 3. The number of imide groups is 1. The highest BCUT2D eigenvalue weighted by Crippen LogP contribution is 2.54. The van der Waals surface area contributed by atoms with Gasteiger partial charge in [0.2, 0.25) is 17.7 Å². The lowest BCUT2D eigenvalue weighted by Crippen LogP contribution is -2.33. The quantitative estimate of drug-likeness (QED) is 0.177. The molecular formula is C35H34N4O6S2. The van der Waals surface area contributed by atoms with Crippen molar-refractivity contribution in [1.82, 2.24) is 4.57 Å². The van der Waals surface area contributed by atoms with Crippen LogP contribution in [0, 0.1) is 5.92 Å². The predicted octanol–water partition coefficient (Wildman–Crippen LogP) is 5.37. The Morgan fingerprint density at radius 3 is 2.19 bits per heavy atom. The van der Waals surface area contributed by atoms with Crippen molar-refractivity contribution >= 4 is 63.9 Å². The predicted molar refractivity (Wildman–Crippen MR) is 184 cm³/mol. The van der Waals surface area contributed by atoms with Crippen LogP contribution in [0.3, 0.4) is 0 Å². The molecular weight excluding hydrogens is 637 g/mol. The molecule has 0 spiro atoms. The van der Waals surface area contributed by atoms with Crippen molar-refractivity contribution in [1.29, 1.82) is 0 Å². The van der Waals surface area contributed by atoms with Crippen molar-refractivity contribution in [2.45, 2.75) is 43.5 Å². The topological polar surface area (TPSA) is 118 Å². The van der Waals surface area contributed by atoms with Gasteiger partial charge in [0.1, 0.15) is 11.8 Å². The normalized spacial score (nSPS) is 18.4. The van der Waals surface area contributed by atoms with Crippen molar-refractivity contribution in [2.75, 3.05) is 34.8 Å². The third-order valence-corrected chi connectivity index (χ3v) is 11.0. The number of esters is 1. The first-order valence-electron chi connectivity index (χ1n) is 15.5. The van der Waals surface area contributed by atoms with Crippen LogP contribution in [0.5, 0.6) is 0 Å². The van der Waals surface area contributed by atoms with Gasteiger partial charge in [-0.2, -0.15) is 0 Å². The maximum atomic E-state index is 14.1. The molecule has 0 bridgehead atoms. The number of nitrogens with one attached hydrogen (secondary N) is 1. The first kappa shape index (κ1) is 32.3. The number of fused-ring (bicyclic) bond motifs is 2. The number of hydrogen-bond acceptors (Lipinski definition) is 9. The van der Waals surface area contributed by atoms with Gasteiger partial charge < -0.3 is 15.0 Å². The number of thioether (sulfide) groups is 1. The Morgan fingerprint density at radius 1 is 0.872 bits per heavy atom. The molecule has 4 aromatic rings. The summed E-state index contributed by atoms with van der Waals surface area (Å²) in [4.78, 5) is 70.5. The van der Waals surface area contributed by atoms with Crippen LogP contribution >= 0.6 is 23.1 Å². The zero-order valence-corrected chi connectivity index (χ0v) is 27.8. The highest BCUT2D eigenvalue weighted by atomic mass is 32.2. The zero-order chi connectivity index (χ0) is 33.2. The summed E-state index contributed by atoms with van der Waals surface area (Å²) in [6, 6.07) is 23.1. The minimum absolute atomic E-state index is 0.253. The first-order valence-corrected chi connectivity index (χ1v) is 17.2. The van der Waals surface area contributed by atoms with Crippen LogP contribution in [-0.2, 0) is 25.7 Å². The number of para-hydroxylation sites is 1. The molecule has 3 heterocycles. The Kier molecular flexibility index (Phi) is 9.33. The van der Waals surface area contributed by atoms with E-state index >= 15 is 0 Å². The van der Waals surface area contributed by atoms with Gasteiger partial charge in [0.25, 0.3) is 0 Å². The van der Waals surface area contributed by atoms with Gasteiger partial charge in [0, 0.05) is 35.3 Å². The van der Waals surface area contributed by atoms with Gasteiger partial charge in [-0.3, -0.25) is 23.7 Å². The van der Waals surface area contributed by atoms with Gasteiger partial charge in [-0.15, -0.1) is 0 Å². The molecule has 0 aliphatic carbocycles. The lowest BCUT2D eigenvalue weighted by Gasteiger charge is -2.31. The fraction of sp³-hybridized carbons (Fsp3) is 0.286. The standard InChI is InChI=1S/C35H34N4O6S2/c1-4-37(5-2)24-18-14-21(15-19-24)27-28-29(32(42)39(31(28)41)25-10-8-7-9-11-25)46-33-30(27)47-35(44)38(33)20-26(40)36-23-16-12-22(13-17-23)34(43)45-6-3/h7-19,27-29H,4-6,20H2,1-3H3,(H,36,40). The molecule has 0 saturated carbocycles. The molecule has 2 aliphatic rings. The van der Waals surface area contributed by atoms with Crippen molar-refractivity contribution in [2.24, 2.45) is 5.92 Å². The molecule has 1 N–H and O–H groups in total. The number of benzene rings is 3. The molecule has 47 heavy (non-hydrogen) atoms. The molecule has 1 aromatic heterocycles. The monoisotopic (exact) mass is 670 g/mol. The molecule has 3 aromatic carbocycles. The number of anilines is 3. The minimum Gasteiger partial charge on any atom is -0.462 e. The lowest BCUT2D eigenvalue weighted by atomic mass is 9.83. The van der Waals surface area contributed by atoms with E-state index in [0.717, 1.165) is 35.7 Å². The zero-order valence-electron chi connectivity index (χ0n) is 26.2. The van der Waals surface area contributed by atoms with Gasteiger partial charge in [0.15, 0.2) is 0 Å². The molecule has 3 atom stereocenters. The number of thiazole rings is 1. The van der Waals surface area contributed by atoms with Gasteiger partial charge >= 0.3 is 10.8 Å². The first-order chi connectivity index (χ1) is 22.7. The molecule has 3 amide bonds. The fourth-order valence-electron chi connectivity index (χ4n) is 6.18. The summed E-state index contributed by atoms with van der Waals surface area (Å²) in [6.45, 7) is 7.54. The van der Waals surface area contributed by atoms with E-state index in [1.54, 1.807) is 55.5 Å². The summed E-state index contributed by atoms with van der Waals surface area (Å²) >= 11 is 2.19. The second-order valence-corrected chi connectivity index (χ2v) is 13.2. The van der Waals surface area contributed by atoms with Crippen LogP contribution in [-0.4, -0.2) is 53.2 Å². The highest BCUT2D eigenvalue weighted by Gasteiger charge is 2.56. The number of hydrogen-bond donors (Lipinski definition) is 1. The molecule has 2 aliphatic heterocycles. The summed E-state index contributed by atoms with van der Waals surface area (Å²) in [7, 11) is 0. The van der Waals surface area contributed by atoms with Gasteiger partial charge in [-0.25, -0.2) is 9.69 Å². The number of ether oxygens (including phenoxy) is 1. The second kappa shape index (κ2) is 13.6. The maximum Gasteiger partial charge on any atom is 0.338 e. The molecule has 3 unspecified atom stereocenters. The van der Waals surface area contributed by atoms with E-state index in [2.05, 4.69) is 24.1 Å². The maximum absolute atomic E-state index is 14.1. The summed E-state index contributed by atoms with van der Waals surface area (Å²) < 4.78 is 6.40. The van der Waals surface area contributed by atoms with Crippen LogP contribution in [0.4, 0.5) is 17.1 Å². The third kappa shape index (κ3) is 6.10. The Bertz CT molecular complexity index is 1870. The number of rotatable bonds is 10. The smallest absolute Gasteiger partial charge is 0.338 e. The number of amides is 3. The van der Waals surface area contributed by atoms with E-state index in [1.165, 1.54) is 21.2 Å². The lowest BCUT2D eigenvalue weighted by molar-refractivity contribution is -0.122. The molecule has 242 valence electrons. The summed E-state index contributed by atoms with van der Waals surface area (Å²) in [5.74, 6) is -2.83. The van der Waals surface area contributed by atoms with E-state index in [0.29, 0.717) is 26.8 Å². The Morgan fingerprint density at radius 2 is 1.55 bits per heavy atom.